The van der Waals surface area contributed by atoms with E-state index in [-0.39, 0.29) is 5.91 Å². The Morgan fingerprint density at radius 1 is 1.06 bits per heavy atom. The molecule has 0 unspecified atom stereocenters. The van der Waals surface area contributed by atoms with Crippen LogP contribution < -0.4 is 14.8 Å². The van der Waals surface area contributed by atoms with Gasteiger partial charge >= 0.3 is 0 Å². The lowest BCUT2D eigenvalue weighted by molar-refractivity contribution is -0.128. The number of methoxy groups -OCH3 is 1. The van der Waals surface area contributed by atoms with Crippen LogP contribution in [-0.4, -0.2) is 23.6 Å². The Morgan fingerprint density at radius 2 is 1.81 bits per heavy atom. The van der Waals surface area contributed by atoms with Crippen LogP contribution in [0.2, 0.25) is 5.02 Å². The van der Waals surface area contributed by atoms with E-state index in [1.807, 2.05) is 31.2 Å². The van der Waals surface area contributed by atoms with Crippen molar-refractivity contribution in [3.8, 4) is 23.0 Å². The van der Waals surface area contributed by atoms with Gasteiger partial charge in [-0.3, -0.25) is 4.79 Å². The molecule has 0 spiro atoms. The minimum absolute atomic E-state index is 0.337. The summed E-state index contributed by atoms with van der Waals surface area (Å²) in [5.41, 5.74) is 2.63. The SMILES string of the molecule is COc1ccc(-c2nc3cc(C)ccc3o2)cc1NC(=O)C(C)(C)Oc1ccc(Cl)cc1. The van der Waals surface area contributed by atoms with Crippen molar-refractivity contribution in [2.75, 3.05) is 12.4 Å². The molecule has 3 aromatic carbocycles. The molecule has 0 fully saturated rings. The summed E-state index contributed by atoms with van der Waals surface area (Å²) in [5, 5.41) is 3.50. The van der Waals surface area contributed by atoms with E-state index in [0.717, 1.165) is 11.1 Å². The quantitative estimate of drug-likeness (QED) is 0.375. The van der Waals surface area contributed by atoms with Crippen molar-refractivity contribution in [3.63, 3.8) is 0 Å². The third-order valence-corrected chi connectivity index (χ3v) is 5.22. The highest BCUT2D eigenvalue weighted by atomic mass is 35.5. The number of nitrogens with one attached hydrogen (secondary N) is 1. The minimum Gasteiger partial charge on any atom is -0.495 e. The smallest absolute Gasteiger partial charge is 0.268 e. The lowest BCUT2D eigenvalue weighted by atomic mass is 10.1. The summed E-state index contributed by atoms with van der Waals surface area (Å²) in [6, 6.07) is 18.0. The third kappa shape index (κ3) is 4.55. The maximum absolute atomic E-state index is 13.0. The molecule has 0 aliphatic carbocycles. The number of ether oxygens (including phenoxy) is 2. The van der Waals surface area contributed by atoms with Gasteiger partial charge in [0, 0.05) is 10.6 Å². The fraction of sp³-hybridized carbons (Fsp3) is 0.200. The fourth-order valence-electron chi connectivity index (χ4n) is 3.22. The Morgan fingerprint density at radius 3 is 2.53 bits per heavy atom. The van der Waals surface area contributed by atoms with Gasteiger partial charge in [-0.15, -0.1) is 0 Å². The van der Waals surface area contributed by atoms with Crippen molar-refractivity contribution in [2.24, 2.45) is 0 Å². The summed E-state index contributed by atoms with van der Waals surface area (Å²) in [6.45, 7) is 5.38. The summed E-state index contributed by atoms with van der Waals surface area (Å²) in [7, 11) is 1.54. The zero-order valence-corrected chi connectivity index (χ0v) is 19.0. The van der Waals surface area contributed by atoms with Crippen molar-refractivity contribution in [2.45, 2.75) is 26.4 Å². The van der Waals surface area contributed by atoms with Crippen molar-refractivity contribution in [3.05, 3.63) is 71.2 Å². The second kappa shape index (κ2) is 8.55. The van der Waals surface area contributed by atoms with Crippen molar-refractivity contribution < 1.29 is 18.7 Å². The highest BCUT2D eigenvalue weighted by Gasteiger charge is 2.31. The van der Waals surface area contributed by atoms with Crippen LogP contribution in [0.5, 0.6) is 11.5 Å². The number of aromatic nitrogens is 1. The Kier molecular flexibility index (Phi) is 5.80. The van der Waals surface area contributed by atoms with Crippen LogP contribution in [0.3, 0.4) is 0 Å². The summed E-state index contributed by atoms with van der Waals surface area (Å²) in [6.07, 6.45) is 0. The van der Waals surface area contributed by atoms with Crippen LogP contribution in [0.1, 0.15) is 19.4 Å². The van der Waals surface area contributed by atoms with Crippen molar-refractivity contribution in [1.82, 2.24) is 4.98 Å². The average molecular weight is 451 g/mol. The first-order valence-corrected chi connectivity index (χ1v) is 10.4. The topological polar surface area (TPSA) is 73.6 Å². The number of rotatable bonds is 6. The first-order valence-electron chi connectivity index (χ1n) is 10.1. The predicted molar refractivity (Wildman–Crippen MR) is 126 cm³/mol. The second-order valence-electron chi connectivity index (χ2n) is 7.93. The molecule has 4 aromatic rings. The standard InChI is InChI=1S/C25H23ClN2O4/c1-15-5-11-22-19(13-15)27-23(31-22)16-6-12-21(30-4)20(14-16)28-24(29)25(2,3)32-18-9-7-17(26)8-10-18/h5-14H,1-4H3,(H,28,29). The Hall–Kier alpha value is -3.51. The Bertz CT molecular complexity index is 1280. The van der Waals surface area contributed by atoms with E-state index >= 15 is 0 Å². The number of oxazole rings is 1. The summed E-state index contributed by atoms with van der Waals surface area (Å²) in [4.78, 5) is 17.6. The molecule has 0 saturated heterocycles. The molecule has 1 aromatic heterocycles. The van der Waals surface area contributed by atoms with E-state index in [4.69, 9.17) is 25.5 Å². The molecule has 1 amide bonds. The lowest BCUT2D eigenvalue weighted by Gasteiger charge is -2.26. The van der Waals surface area contributed by atoms with E-state index in [1.54, 1.807) is 57.4 Å². The molecule has 6 nitrogen and oxygen atoms in total. The molecule has 0 atom stereocenters. The molecule has 164 valence electrons. The Labute approximate surface area is 191 Å². The number of nitrogens with zero attached hydrogens (tertiary/aromatic N) is 1. The van der Waals surface area contributed by atoms with Crippen molar-refractivity contribution in [1.29, 1.82) is 0 Å². The van der Waals surface area contributed by atoms with Crippen LogP contribution >= 0.6 is 11.6 Å². The predicted octanol–water partition coefficient (Wildman–Crippen LogP) is 6.26. The summed E-state index contributed by atoms with van der Waals surface area (Å²) < 4.78 is 17.2. The molecule has 0 radical (unpaired) electrons. The number of benzene rings is 3. The highest BCUT2D eigenvalue weighted by molar-refractivity contribution is 6.30. The van der Waals surface area contributed by atoms with Crippen LogP contribution in [0.15, 0.2) is 65.1 Å². The van der Waals surface area contributed by atoms with E-state index in [2.05, 4.69) is 10.3 Å². The van der Waals surface area contributed by atoms with Crippen molar-refractivity contribution >= 4 is 34.3 Å². The molecule has 1 N–H and O–H groups in total. The first kappa shape index (κ1) is 21.7. The van der Waals surface area contributed by atoms with Gasteiger partial charge in [0.25, 0.3) is 5.91 Å². The van der Waals surface area contributed by atoms with E-state index < -0.39 is 5.60 Å². The van der Waals surface area contributed by atoms with Gasteiger partial charge in [0.05, 0.1) is 12.8 Å². The van der Waals surface area contributed by atoms with Crippen LogP contribution in [0.4, 0.5) is 5.69 Å². The van der Waals surface area contributed by atoms with Crippen LogP contribution in [-0.2, 0) is 4.79 Å². The summed E-state index contributed by atoms with van der Waals surface area (Å²) in [5.74, 6) is 1.17. The van der Waals surface area contributed by atoms with Gasteiger partial charge in [-0.2, -0.15) is 0 Å². The highest BCUT2D eigenvalue weighted by Crippen LogP contribution is 2.33. The number of hydrogen-bond donors (Lipinski definition) is 1. The van der Waals surface area contributed by atoms with E-state index in [1.165, 1.54) is 0 Å². The number of hydrogen-bond acceptors (Lipinski definition) is 5. The molecule has 7 heteroatoms. The zero-order chi connectivity index (χ0) is 22.9. The molecule has 32 heavy (non-hydrogen) atoms. The number of anilines is 1. The largest absolute Gasteiger partial charge is 0.495 e. The normalized spacial score (nSPS) is 11.4. The van der Waals surface area contributed by atoms with Gasteiger partial charge in [0.1, 0.15) is 17.0 Å². The third-order valence-electron chi connectivity index (χ3n) is 4.97. The number of carbonyl (C=O) groups excluding carboxylic acids is 1. The Balaban J connectivity index is 1.60. The number of amides is 1. The molecule has 0 aliphatic rings. The minimum atomic E-state index is -1.15. The number of fused-ring (bicyclic) bond motifs is 1. The maximum Gasteiger partial charge on any atom is 0.268 e. The van der Waals surface area contributed by atoms with Gasteiger partial charge in [0.15, 0.2) is 11.2 Å². The average Bonchev–Trinajstić information content (AvgIpc) is 3.18. The molecular formula is C25H23ClN2O4. The van der Waals surface area contributed by atoms with Gasteiger partial charge in [-0.05, 0) is 80.9 Å². The van der Waals surface area contributed by atoms with Gasteiger partial charge in [-0.1, -0.05) is 17.7 Å². The molecule has 0 bridgehead atoms. The molecule has 0 aliphatic heterocycles. The number of halogens is 1. The molecule has 0 saturated carbocycles. The maximum atomic E-state index is 13.0. The second-order valence-corrected chi connectivity index (χ2v) is 8.36. The van der Waals surface area contributed by atoms with E-state index in [9.17, 15) is 4.79 Å². The van der Waals surface area contributed by atoms with Gasteiger partial charge < -0.3 is 19.2 Å². The fourth-order valence-corrected chi connectivity index (χ4v) is 3.34. The number of aryl methyl sites for hydroxylation is 1. The van der Waals surface area contributed by atoms with Gasteiger partial charge in [-0.25, -0.2) is 4.98 Å². The molecule has 1 heterocycles. The first-order chi connectivity index (χ1) is 15.2. The van der Waals surface area contributed by atoms with Gasteiger partial charge in [0.2, 0.25) is 5.89 Å². The van der Waals surface area contributed by atoms with Crippen LogP contribution in [0, 0.1) is 6.92 Å². The lowest BCUT2D eigenvalue weighted by Crippen LogP contribution is -2.42. The molecule has 4 rings (SSSR count). The summed E-state index contributed by atoms with van der Waals surface area (Å²) >= 11 is 5.92. The van der Waals surface area contributed by atoms with E-state index in [0.29, 0.717) is 39.2 Å². The molecular weight excluding hydrogens is 428 g/mol. The zero-order valence-electron chi connectivity index (χ0n) is 18.2. The number of carbonyl (C=O) groups is 1. The van der Waals surface area contributed by atoms with Crippen LogP contribution in [0.25, 0.3) is 22.6 Å². The monoisotopic (exact) mass is 450 g/mol.